The van der Waals surface area contributed by atoms with Crippen LogP contribution in [-0.4, -0.2) is 27.6 Å². The lowest BCUT2D eigenvalue weighted by Gasteiger charge is -2.04. The number of anilines is 1. The zero-order valence-electron chi connectivity index (χ0n) is 11.0. The average Bonchev–Trinajstić information content (AvgIpc) is 2.48. The van der Waals surface area contributed by atoms with Crippen LogP contribution >= 0.6 is 0 Å². The molecular weight excluding hydrogens is 273 g/mol. The summed E-state index contributed by atoms with van der Waals surface area (Å²) in [7, 11) is 0. The minimum atomic E-state index is -0.584. The first-order valence-corrected chi connectivity index (χ1v) is 6.18. The van der Waals surface area contributed by atoms with Gasteiger partial charge in [-0.3, -0.25) is 9.78 Å². The summed E-state index contributed by atoms with van der Waals surface area (Å²) in [5, 5.41) is 11.2. The molecule has 0 atom stereocenters. The summed E-state index contributed by atoms with van der Waals surface area (Å²) >= 11 is 0. The van der Waals surface area contributed by atoms with Crippen LogP contribution < -0.4 is 5.32 Å². The van der Waals surface area contributed by atoms with Crippen molar-refractivity contribution in [2.24, 2.45) is 0 Å². The number of hydrogen-bond acceptors (Lipinski definition) is 4. The predicted octanol–water partition coefficient (Wildman–Crippen LogP) is 1.60. The van der Waals surface area contributed by atoms with Crippen molar-refractivity contribution in [3.8, 4) is 11.8 Å². The third-order valence-electron chi connectivity index (χ3n) is 2.41. The maximum absolute atomic E-state index is 13.0. The molecule has 2 N–H and O–H groups in total. The van der Waals surface area contributed by atoms with Gasteiger partial charge in [0.25, 0.3) is 5.91 Å². The van der Waals surface area contributed by atoms with Crippen LogP contribution in [0, 0.1) is 17.7 Å². The number of halogens is 1. The Hall–Kier alpha value is -2.78. The van der Waals surface area contributed by atoms with Gasteiger partial charge in [0.1, 0.15) is 17.3 Å². The van der Waals surface area contributed by atoms with Gasteiger partial charge in [-0.25, -0.2) is 9.37 Å². The standard InChI is InChI=1S/C15H12FN3O2/c16-12-8-11(9-17-10-12)15(21)19-14-6-3-5-13(18-14)4-1-2-7-20/h3,5-6,8-10,20H,2,7H2,(H,18,19,21). The van der Waals surface area contributed by atoms with Gasteiger partial charge in [0.15, 0.2) is 0 Å². The van der Waals surface area contributed by atoms with E-state index >= 15 is 0 Å². The van der Waals surface area contributed by atoms with Crippen LogP contribution in [0.15, 0.2) is 36.7 Å². The molecule has 106 valence electrons. The van der Waals surface area contributed by atoms with Crippen LogP contribution in [0.1, 0.15) is 22.5 Å². The largest absolute Gasteiger partial charge is 0.395 e. The van der Waals surface area contributed by atoms with Gasteiger partial charge < -0.3 is 10.4 Å². The van der Waals surface area contributed by atoms with Crippen LogP contribution in [0.5, 0.6) is 0 Å². The Morgan fingerprint density at radius 1 is 1.38 bits per heavy atom. The highest BCUT2D eigenvalue weighted by Crippen LogP contribution is 2.08. The topological polar surface area (TPSA) is 75.1 Å². The first-order valence-electron chi connectivity index (χ1n) is 6.18. The smallest absolute Gasteiger partial charge is 0.258 e. The van der Waals surface area contributed by atoms with E-state index in [1.807, 2.05) is 0 Å². The highest BCUT2D eigenvalue weighted by atomic mass is 19.1. The summed E-state index contributed by atoms with van der Waals surface area (Å²) in [4.78, 5) is 19.7. The quantitative estimate of drug-likeness (QED) is 0.840. The summed E-state index contributed by atoms with van der Waals surface area (Å²) in [6.45, 7) is -0.0179. The van der Waals surface area contributed by atoms with Crippen molar-refractivity contribution in [1.82, 2.24) is 9.97 Å². The molecule has 0 aliphatic heterocycles. The molecule has 0 saturated carbocycles. The molecule has 0 saturated heterocycles. The molecule has 21 heavy (non-hydrogen) atoms. The van der Waals surface area contributed by atoms with E-state index in [2.05, 4.69) is 27.1 Å². The van der Waals surface area contributed by atoms with E-state index < -0.39 is 11.7 Å². The molecule has 2 aromatic rings. The normalized spacial score (nSPS) is 9.62. The fourth-order valence-electron chi connectivity index (χ4n) is 1.51. The average molecular weight is 285 g/mol. The maximum atomic E-state index is 13.0. The molecule has 2 rings (SSSR count). The molecule has 0 aliphatic carbocycles. The summed E-state index contributed by atoms with van der Waals surface area (Å²) in [5.74, 6) is 4.72. The van der Waals surface area contributed by atoms with Gasteiger partial charge in [-0.15, -0.1) is 0 Å². The lowest BCUT2D eigenvalue weighted by molar-refractivity contribution is 0.102. The Labute approximate surface area is 120 Å². The number of nitrogens with zero attached hydrogens (tertiary/aromatic N) is 2. The third-order valence-corrected chi connectivity index (χ3v) is 2.41. The Bertz CT molecular complexity index is 707. The SMILES string of the molecule is O=C(Nc1cccc(C#CCCO)n1)c1cncc(F)c1. The van der Waals surface area contributed by atoms with Gasteiger partial charge in [0, 0.05) is 12.6 Å². The maximum Gasteiger partial charge on any atom is 0.258 e. The molecule has 0 unspecified atom stereocenters. The van der Waals surface area contributed by atoms with Crippen LogP contribution in [0.2, 0.25) is 0 Å². The van der Waals surface area contributed by atoms with Crippen molar-refractivity contribution in [3.63, 3.8) is 0 Å². The van der Waals surface area contributed by atoms with Crippen molar-refractivity contribution in [1.29, 1.82) is 0 Å². The van der Waals surface area contributed by atoms with Gasteiger partial charge in [-0.2, -0.15) is 0 Å². The lowest BCUT2D eigenvalue weighted by Crippen LogP contribution is -2.13. The van der Waals surface area contributed by atoms with Crippen molar-refractivity contribution < 1.29 is 14.3 Å². The third kappa shape index (κ3) is 4.37. The highest BCUT2D eigenvalue weighted by Gasteiger charge is 2.08. The zero-order valence-corrected chi connectivity index (χ0v) is 11.0. The van der Waals surface area contributed by atoms with Crippen LogP contribution in [-0.2, 0) is 0 Å². The Morgan fingerprint density at radius 2 is 2.24 bits per heavy atom. The Kier molecular flexibility index (Phi) is 4.96. The Balaban J connectivity index is 2.11. The van der Waals surface area contributed by atoms with E-state index in [0.717, 1.165) is 12.3 Å². The van der Waals surface area contributed by atoms with E-state index in [0.29, 0.717) is 17.9 Å². The number of aliphatic hydroxyl groups excluding tert-OH is 1. The van der Waals surface area contributed by atoms with E-state index in [1.54, 1.807) is 18.2 Å². The number of aromatic nitrogens is 2. The number of hydrogen-bond donors (Lipinski definition) is 2. The predicted molar refractivity (Wildman–Crippen MR) is 75.0 cm³/mol. The molecule has 0 radical (unpaired) electrons. The van der Waals surface area contributed by atoms with Crippen molar-refractivity contribution in [2.75, 3.05) is 11.9 Å². The van der Waals surface area contributed by atoms with E-state index in [9.17, 15) is 9.18 Å². The molecule has 0 aromatic carbocycles. The van der Waals surface area contributed by atoms with Gasteiger partial charge in [-0.1, -0.05) is 12.0 Å². The first kappa shape index (κ1) is 14.6. The summed E-state index contributed by atoms with van der Waals surface area (Å²) in [6.07, 6.45) is 2.64. The van der Waals surface area contributed by atoms with Crippen LogP contribution in [0.4, 0.5) is 10.2 Å². The molecule has 1 amide bonds. The Morgan fingerprint density at radius 3 is 3.00 bits per heavy atom. The molecule has 6 heteroatoms. The molecule has 0 bridgehead atoms. The van der Waals surface area contributed by atoms with Crippen molar-refractivity contribution in [3.05, 3.63) is 53.7 Å². The minimum Gasteiger partial charge on any atom is -0.395 e. The molecule has 0 fully saturated rings. The number of amides is 1. The molecule has 5 nitrogen and oxygen atoms in total. The van der Waals surface area contributed by atoms with Gasteiger partial charge in [-0.05, 0) is 24.1 Å². The molecule has 2 aromatic heterocycles. The second-order valence-corrected chi connectivity index (χ2v) is 4.03. The zero-order chi connectivity index (χ0) is 15.1. The first-order chi connectivity index (χ1) is 10.2. The van der Waals surface area contributed by atoms with E-state index in [-0.39, 0.29) is 12.2 Å². The fourth-order valence-corrected chi connectivity index (χ4v) is 1.51. The number of carbonyl (C=O) groups is 1. The monoisotopic (exact) mass is 285 g/mol. The summed E-state index contributed by atoms with van der Waals surface area (Å²) in [6, 6.07) is 6.06. The number of pyridine rings is 2. The molecule has 0 aliphatic rings. The van der Waals surface area contributed by atoms with Gasteiger partial charge in [0.2, 0.25) is 0 Å². The number of rotatable bonds is 3. The molecule has 0 spiro atoms. The summed E-state index contributed by atoms with van der Waals surface area (Å²) < 4.78 is 13.0. The van der Waals surface area contributed by atoms with Crippen molar-refractivity contribution in [2.45, 2.75) is 6.42 Å². The van der Waals surface area contributed by atoms with Gasteiger partial charge in [0.05, 0.1) is 18.4 Å². The fraction of sp³-hybridized carbons (Fsp3) is 0.133. The van der Waals surface area contributed by atoms with E-state index in [1.165, 1.54) is 6.20 Å². The van der Waals surface area contributed by atoms with Gasteiger partial charge >= 0.3 is 0 Å². The number of aliphatic hydroxyl groups is 1. The summed E-state index contributed by atoms with van der Waals surface area (Å²) in [5.41, 5.74) is 0.576. The van der Waals surface area contributed by atoms with Crippen molar-refractivity contribution >= 4 is 11.7 Å². The molecule has 2 heterocycles. The minimum absolute atomic E-state index is 0.0179. The lowest BCUT2D eigenvalue weighted by atomic mass is 10.2. The number of carbonyl (C=O) groups excluding carboxylic acids is 1. The van der Waals surface area contributed by atoms with Crippen LogP contribution in [0.3, 0.4) is 0 Å². The van der Waals surface area contributed by atoms with E-state index in [4.69, 9.17) is 5.11 Å². The second kappa shape index (κ2) is 7.12. The van der Waals surface area contributed by atoms with Crippen LogP contribution in [0.25, 0.3) is 0 Å². The number of nitrogens with one attached hydrogen (secondary N) is 1. The molecular formula is C15H12FN3O2. The second-order valence-electron chi connectivity index (χ2n) is 4.03. The highest BCUT2D eigenvalue weighted by molar-refractivity contribution is 6.03.